The average molecular weight is 516 g/mol. The van der Waals surface area contributed by atoms with E-state index in [0.29, 0.717) is 36.3 Å². The van der Waals surface area contributed by atoms with Gasteiger partial charge in [-0.15, -0.1) is 0 Å². The molecule has 0 radical (unpaired) electrons. The zero-order valence-corrected chi connectivity index (χ0v) is 19.8. The van der Waals surface area contributed by atoms with Crippen molar-refractivity contribution in [2.24, 2.45) is 0 Å². The zero-order chi connectivity index (χ0) is 22.8. The molecule has 1 heterocycles. The van der Waals surface area contributed by atoms with Gasteiger partial charge >= 0.3 is 5.97 Å². The maximum absolute atomic E-state index is 12.9. The van der Waals surface area contributed by atoms with Gasteiger partial charge < -0.3 is 24.4 Å². The molecule has 0 aromatic heterocycles. The molecule has 1 fully saturated rings. The summed E-state index contributed by atoms with van der Waals surface area (Å²) in [6, 6.07) is 4.18. The van der Waals surface area contributed by atoms with E-state index in [-0.39, 0.29) is 36.2 Å². The Labute approximate surface area is 194 Å². The first-order valence-corrected chi connectivity index (χ1v) is 11.0. The van der Waals surface area contributed by atoms with Crippen molar-refractivity contribution in [2.45, 2.75) is 25.8 Å². The van der Waals surface area contributed by atoms with Crippen LogP contribution in [0.15, 0.2) is 22.7 Å². The molecule has 1 aromatic carbocycles. The number of rotatable bonds is 9. The molecule has 0 spiro atoms. The Morgan fingerprint density at radius 2 is 2.10 bits per heavy atom. The minimum atomic E-state index is -0.856. The van der Waals surface area contributed by atoms with Gasteiger partial charge in [-0.1, -0.05) is 22.9 Å². The van der Waals surface area contributed by atoms with Gasteiger partial charge in [-0.05, 0) is 36.8 Å². The van der Waals surface area contributed by atoms with Crippen molar-refractivity contribution in [3.8, 4) is 5.75 Å². The quantitative estimate of drug-likeness (QED) is 0.290. The normalized spacial score (nSPS) is 15.8. The third-order valence-electron chi connectivity index (χ3n) is 4.37. The van der Waals surface area contributed by atoms with Gasteiger partial charge in [-0.3, -0.25) is 19.7 Å². The van der Waals surface area contributed by atoms with Crippen LogP contribution in [0.25, 0.3) is 0 Å². The van der Waals surface area contributed by atoms with Crippen molar-refractivity contribution in [3.63, 3.8) is 0 Å². The molecule has 31 heavy (non-hydrogen) atoms. The van der Waals surface area contributed by atoms with Crippen LogP contribution < -0.4 is 15.4 Å². The minimum Gasteiger partial charge on any atom is -0.490 e. The Morgan fingerprint density at radius 1 is 1.32 bits per heavy atom. The van der Waals surface area contributed by atoms with Crippen LogP contribution in [0.2, 0.25) is 0 Å². The van der Waals surface area contributed by atoms with E-state index in [1.165, 1.54) is 4.90 Å². The molecule has 1 aromatic rings. The first-order valence-electron chi connectivity index (χ1n) is 9.84. The largest absolute Gasteiger partial charge is 0.490 e. The maximum atomic E-state index is 12.9. The van der Waals surface area contributed by atoms with Gasteiger partial charge in [0.25, 0.3) is 5.91 Å². The van der Waals surface area contributed by atoms with Crippen LogP contribution in [0.5, 0.6) is 5.75 Å². The number of esters is 1. The van der Waals surface area contributed by atoms with Gasteiger partial charge in [-0.2, -0.15) is 0 Å². The average Bonchev–Trinajstić information content (AvgIpc) is 2.74. The topological polar surface area (TPSA) is 106 Å². The molecule has 0 aliphatic carbocycles. The molecule has 2 N–H and O–H groups in total. The lowest BCUT2D eigenvalue weighted by atomic mass is 10.1. The van der Waals surface area contributed by atoms with E-state index in [9.17, 15) is 14.4 Å². The number of nitrogens with one attached hydrogen (secondary N) is 2. The van der Waals surface area contributed by atoms with Gasteiger partial charge in [0.05, 0.1) is 25.2 Å². The number of hydrogen-bond acceptors (Lipinski definition) is 7. The summed E-state index contributed by atoms with van der Waals surface area (Å²) in [5, 5.41) is 5.41. The number of piperazine rings is 1. The standard InChI is InChI=1S/C20H26BrN3O6S/c1-3-8-30-17(25)12-15-19(27)22-6-7-24(15)20(31)23-18(26)14-11-13(21)4-5-16(14)29-10-9-28-2/h4-5,11,15H,3,6-10,12H2,1-2H3,(H,22,27)(H,23,26,31). The van der Waals surface area contributed by atoms with E-state index in [1.807, 2.05) is 6.92 Å². The van der Waals surface area contributed by atoms with E-state index >= 15 is 0 Å². The molecule has 1 atom stereocenters. The number of carbonyl (C=O) groups is 3. The molecule has 1 aliphatic heterocycles. The number of carbonyl (C=O) groups excluding carboxylic acids is 3. The number of nitrogens with zero attached hydrogens (tertiary/aromatic N) is 1. The van der Waals surface area contributed by atoms with Gasteiger partial charge in [0.15, 0.2) is 5.11 Å². The van der Waals surface area contributed by atoms with Crippen molar-refractivity contribution in [3.05, 3.63) is 28.2 Å². The Kier molecular flexibility index (Phi) is 10.2. The lowest BCUT2D eigenvalue weighted by Gasteiger charge is -2.36. The van der Waals surface area contributed by atoms with Crippen molar-refractivity contribution < 1.29 is 28.6 Å². The number of methoxy groups -OCH3 is 1. The predicted octanol–water partition coefficient (Wildman–Crippen LogP) is 1.63. The molecule has 9 nitrogen and oxygen atoms in total. The molecular formula is C20H26BrN3O6S. The fourth-order valence-corrected chi connectivity index (χ4v) is 3.54. The molecule has 0 bridgehead atoms. The van der Waals surface area contributed by atoms with Crippen LogP contribution in [0.4, 0.5) is 0 Å². The van der Waals surface area contributed by atoms with Gasteiger partial charge in [0.2, 0.25) is 5.91 Å². The molecule has 1 unspecified atom stereocenters. The second-order valence-corrected chi connectivity index (χ2v) is 7.97. The number of hydrogen-bond donors (Lipinski definition) is 2. The highest BCUT2D eigenvalue weighted by Crippen LogP contribution is 2.23. The summed E-state index contributed by atoms with van der Waals surface area (Å²) in [6.45, 7) is 3.51. The molecule has 1 saturated heterocycles. The molecule has 0 saturated carbocycles. The summed E-state index contributed by atoms with van der Waals surface area (Å²) in [5.74, 6) is -0.958. The van der Waals surface area contributed by atoms with E-state index in [1.54, 1.807) is 25.3 Å². The number of benzene rings is 1. The third kappa shape index (κ3) is 7.44. The molecule has 170 valence electrons. The third-order valence-corrected chi connectivity index (χ3v) is 5.20. The summed E-state index contributed by atoms with van der Waals surface area (Å²) >= 11 is 8.74. The maximum Gasteiger partial charge on any atom is 0.308 e. The summed E-state index contributed by atoms with van der Waals surface area (Å²) < 4.78 is 16.4. The second-order valence-electron chi connectivity index (χ2n) is 6.67. The highest BCUT2D eigenvalue weighted by atomic mass is 79.9. The predicted molar refractivity (Wildman–Crippen MR) is 121 cm³/mol. The fraction of sp³-hybridized carbons (Fsp3) is 0.500. The molecule has 2 rings (SSSR count). The van der Waals surface area contributed by atoms with Crippen molar-refractivity contribution in [1.82, 2.24) is 15.5 Å². The van der Waals surface area contributed by atoms with Crippen molar-refractivity contribution in [1.29, 1.82) is 0 Å². The van der Waals surface area contributed by atoms with Crippen LogP contribution in [-0.2, 0) is 19.1 Å². The molecule has 11 heteroatoms. The van der Waals surface area contributed by atoms with E-state index in [0.717, 1.165) is 0 Å². The molecule has 2 amide bonds. The van der Waals surface area contributed by atoms with Crippen molar-refractivity contribution >= 4 is 51.0 Å². The summed E-state index contributed by atoms with van der Waals surface area (Å²) in [5.41, 5.74) is 0.271. The van der Waals surface area contributed by atoms with E-state index in [2.05, 4.69) is 26.6 Å². The number of ether oxygens (including phenoxy) is 3. The highest BCUT2D eigenvalue weighted by molar-refractivity contribution is 9.10. The Hall–Kier alpha value is -2.24. The number of halogens is 1. The monoisotopic (exact) mass is 515 g/mol. The summed E-state index contributed by atoms with van der Waals surface area (Å²) in [7, 11) is 1.56. The second kappa shape index (κ2) is 12.6. The summed E-state index contributed by atoms with van der Waals surface area (Å²) in [6.07, 6.45) is 0.520. The highest BCUT2D eigenvalue weighted by Gasteiger charge is 2.34. The zero-order valence-electron chi connectivity index (χ0n) is 17.4. The van der Waals surface area contributed by atoms with Crippen molar-refractivity contribution in [2.75, 3.05) is 40.0 Å². The van der Waals surface area contributed by atoms with Crippen LogP contribution in [0.3, 0.4) is 0 Å². The van der Waals surface area contributed by atoms with E-state index < -0.39 is 17.9 Å². The van der Waals surface area contributed by atoms with Gasteiger partial charge in [0.1, 0.15) is 18.4 Å². The van der Waals surface area contributed by atoms with Crippen LogP contribution in [0.1, 0.15) is 30.1 Å². The van der Waals surface area contributed by atoms with Crippen LogP contribution in [0, 0.1) is 0 Å². The first kappa shape index (κ1) is 25.0. The van der Waals surface area contributed by atoms with Crippen LogP contribution in [-0.4, -0.2) is 73.9 Å². The SMILES string of the molecule is CCCOC(=O)CC1C(=O)NCCN1C(=S)NC(=O)c1cc(Br)ccc1OCCOC. The molecular weight excluding hydrogens is 490 g/mol. The van der Waals surface area contributed by atoms with Crippen LogP contribution >= 0.6 is 28.1 Å². The minimum absolute atomic E-state index is 0.0518. The Bertz CT molecular complexity index is 822. The number of thiocarbonyl (C=S) groups is 1. The lowest BCUT2D eigenvalue weighted by Crippen LogP contribution is -2.60. The first-order chi connectivity index (χ1) is 14.9. The number of amides is 2. The summed E-state index contributed by atoms with van der Waals surface area (Å²) in [4.78, 5) is 38.8. The molecule has 1 aliphatic rings. The van der Waals surface area contributed by atoms with E-state index in [4.69, 9.17) is 26.4 Å². The smallest absolute Gasteiger partial charge is 0.308 e. The Morgan fingerprint density at radius 3 is 2.81 bits per heavy atom. The van der Waals surface area contributed by atoms with Gasteiger partial charge in [0, 0.05) is 24.7 Å². The fourth-order valence-electron chi connectivity index (χ4n) is 2.87. The Balaban J connectivity index is 2.11. The van der Waals surface area contributed by atoms with Gasteiger partial charge in [-0.25, -0.2) is 0 Å². The lowest BCUT2D eigenvalue weighted by molar-refractivity contribution is -0.147.